The molecule has 0 aromatic heterocycles. The molecule has 5 nitrogen and oxygen atoms in total. The zero-order valence-corrected chi connectivity index (χ0v) is 12.4. The number of carbonyl (C=O) groups excluding carboxylic acids is 1. The van der Waals surface area contributed by atoms with E-state index < -0.39 is 5.60 Å². The molecule has 2 fully saturated rings. The standard InChI is InChI=1S/C16H22N2O3/c1-16(13-5-3-2-4-6-13)12-18(8-10-21-16)15(19)14-11-20-9-7-17-14/h2-6,14,17H,7-12H2,1H3/t14-,16-/m0/s1. The van der Waals surface area contributed by atoms with E-state index in [1.807, 2.05) is 30.0 Å². The average Bonchev–Trinajstić information content (AvgIpc) is 2.56. The molecule has 1 aromatic rings. The molecule has 2 aliphatic rings. The molecule has 0 spiro atoms. The van der Waals surface area contributed by atoms with Crippen molar-refractivity contribution in [3.8, 4) is 0 Å². The Balaban J connectivity index is 1.72. The van der Waals surface area contributed by atoms with Crippen molar-refractivity contribution in [2.24, 2.45) is 0 Å². The molecule has 5 heteroatoms. The van der Waals surface area contributed by atoms with Crippen molar-refractivity contribution in [3.05, 3.63) is 35.9 Å². The molecule has 1 amide bonds. The van der Waals surface area contributed by atoms with Crippen LogP contribution in [0.4, 0.5) is 0 Å². The Morgan fingerprint density at radius 3 is 2.86 bits per heavy atom. The van der Waals surface area contributed by atoms with Crippen LogP contribution in [-0.2, 0) is 19.9 Å². The van der Waals surface area contributed by atoms with Crippen LogP contribution < -0.4 is 5.32 Å². The molecule has 0 bridgehead atoms. The maximum Gasteiger partial charge on any atom is 0.242 e. The molecule has 1 N–H and O–H groups in total. The summed E-state index contributed by atoms with van der Waals surface area (Å²) in [6.45, 7) is 5.69. The third-order valence-electron chi connectivity index (χ3n) is 4.19. The Hall–Kier alpha value is -1.43. The summed E-state index contributed by atoms with van der Waals surface area (Å²) in [6.07, 6.45) is 0. The van der Waals surface area contributed by atoms with Crippen LogP contribution in [0.2, 0.25) is 0 Å². The Kier molecular flexibility index (Phi) is 4.24. The van der Waals surface area contributed by atoms with Crippen LogP contribution in [0.3, 0.4) is 0 Å². The summed E-state index contributed by atoms with van der Waals surface area (Å²) < 4.78 is 11.4. The highest BCUT2D eigenvalue weighted by atomic mass is 16.5. The lowest BCUT2D eigenvalue weighted by Crippen LogP contribution is -2.58. The smallest absolute Gasteiger partial charge is 0.242 e. The molecule has 2 aliphatic heterocycles. The van der Waals surface area contributed by atoms with E-state index >= 15 is 0 Å². The predicted octanol–water partition coefficient (Wildman–Crippen LogP) is 0.749. The van der Waals surface area contributed by atoms with Gasteiger partial charge in [0.05, 0.1) is 26.4 Å². The van der Waals surface area contributed by atoms with E-state index in [9.17, 15) is 4.79 Å². The van der Waals surface area contributed by atoms with Crippen molar-refractivity contribution in [2.45, 2.75) is 18.6 Å². The minimum atomic E-state index is -0.440. The number of hydrogen-bond donors (Lipinski definition) is 1. The van der Waals surface area contributed by atoms with Gasteiger partial charge in [-0.1, -0.05) is 30.3 Å². The first-order valence-corrected chi connectivity index (χ1v) is 7.48. The molecule has 2 saturated heterocycles. The number of hydrogen-bond acceptors (Lipinski definition) is 4. The second-order valence-electron chi connectivity index (χ2n) is 5.79. The molecular formula is C16H22N2O3. The SMILES string of the molecule is C[C@@]1(c2ccccc2)CN(C(=O)[C@@H]2COCCN2)CCO1. The molecule has 0 unspecified atom stereocenters. The van der Waals surface area contributed by atoms with Gasteiger partial charge in [0.2, 0.25) is 5.91 Å². The second kappa shape index (κ2) is 6.13. The minimum absolute atomic E-state index is 0.111. The highest BCUT2D eigenvalue weighted by Gasteiger charge is 2.37. The van der Waals surface area contributed by atoms with Crippen LogP contribution in [-0.4, -0.2) is 56.3 Å². The van der Waals surface area contributed by atoms with Gasteiger partial charge >= 0.3 is 0 Å². The number of ether oxygens (including phenoxy) is 2. The lowest BCUT2D eigenvalue weighted by molar-refractivity contribution is -0.154. The van der Waals surface area contributed by atoms with Crippen LogP contribution in [0.1, 0.15) is 12.5 Å². The molecule has 0 saturated carbocycles. The Morgan fingerprint density at radius 1 is 1.33 bits per heavy atom. The van der Waals surface area contributed by atoms with E-state index in [0.717, 1.165) is 12.1 Å². The van der Waals surface area contributed by atoms with Gasteiger partial charge in [-0.2, -0.15) is 0 Å². The number of morpholine rings is 2. The molecule has 114 valence electrons. The molecular weight excluding hydrogens is 268 g/mol. The first-order chi connectivity index (χ1) is 10.2. The highest BCUT2D eigenvalue weighted by molar-refractivity contribution is 5.82. The average molecular weight is 290 g/mol. The lowest BCUT2D eigenvalue weighted by Gasteiger charge is -2.42. The fraction of sp³-hybridized carbons (Fsp3) is 0.562. The summed E-state index contributed by atoms with van der Waals surface area (Å²) in [6, 6.07) is 9.87. The zero-order chi connectivity index (χ0) is 14.7. The largest absolute Gasteiger partial charge is 0.378 e. The summed E-state index contributed by atoms with van der Waals surface area (Å²) in [5, 5.41) is 3.23. The summed E-state index contributed by atoms with van der Waals surface area (Å²) >= 11 is 0. The first-order valence-electron chi connectivity index (χ1n) is 7.48. The van der Waals surface area contributed by atoms with Gasteiger partial charge in [0.25, 0.3) is 0 Å². The summed E-state index contributed by atoms with van der Waals surface area (Å²) in [5.41, 5.74) is 0.667. The van der Waals surface area contributed by atoms with Gasteiger partial charge in [0.1, 0.15) is 11.6 Å². The van der Waals surface area contributed by atoms with Gasteiger partial charge in [-0.05, 0) is 12.5 Å². The van der Waals surface area contributed by atoms with Crippen LogP contribution in [0, 0.1) is 0 Å². The van der Waals surface area contributed by atoms with Crippen molar-refractivity contribution in [1.82, 2.24) is 10.2 Å². The highest BCUT2D eigenvalue weighted by Crippen LogP contribution is 2.29. The van der Waals surface area contributed by atoms with Crippen molar-refractivity contribution >= 4 is 5.91 Å². The van der Waals surface area contributed by atoms with E-state index in [0.29, 0.717) is 32.9 Å². The molecule has 21 heavy (non-hydrogen) atoms. The predicted molar refractivity (Wildman–Crippen MR) is 78.9 cm³/mol. The van der Waals surface area contributed by atoms with Crippen molar-refractivity contribution < 1.29 is 14.3 Å². The second-order valence-corrected chi connectivity index (χ2v) is 5.79. The summed E-state index contributed by atoms with van der Waals surface area (Å²) in [7, 11) is 0. The van der Waals surface area contributed by atoms with Crippen LogP contribution in [0.25, 0.3) is 0 Å². The third-order valence-corrected chi connectivity index (χ3v) is 4.19. The molecule has 1 aromatic carbocycles. The van der Waals surface area contributed by atoms with Crippen LogP contribution in [0.5, 0.6) is 0 Å². The van der Waals surface area contributed by atoms with E-state index in [4.69, 9.17) is 9.47 Å². The molecule has 0 radical (unpaired) electrons. The van der Waals surface area contributed by atoms with Crippen molar-refractivity contribution in [2.75, 3.05) is 39.5 Å². The number of amides is 1. The van der Waals surface area contributed by atoms with Gasteiger partial charge in [-0.3, -0.25) is 4.79 Å². The fourth-order valence-corrected chi connectivity index (χ4v) is 2.97. The molecule has 2 atom stereocenters. The normalized spacial score (nSPS) is 30.1. The molecule has 0 aliphatic carbocycles. The fourth-order valence-electron chi connectivity index (χ4n) is 2.97. The number of rotatable bonds is 2. The van der Waals surface area contributed by atoms with Gasteiger partial charge in [-0.15, -0.1) is 0 Å². The van der Waals surface area contributed by atoms with Crippen LogP contribution >= 0.6 is 0 Å². The summed E-state index contributed by atoms with van der Waals surface area (Å²) in [5.74, 6) is 0.111. The van der Waals surface area contributed by atoms with Gasteiger partial charge < -0.3 is 19.7 Å². The molecule has 3 rings (SSSR count). The van der Waals surface area contributed by atoms with Crippen LogP contribution in [0.15, 0.2) is 30.3 Å². The maximum atomic E-state index is 12.6. The van der Waals surface area contributed by atoms with E-state index in [-0.39, 0.29) is 11.9 Å². The Bertz CT molecular complexity index is 488. The van der Waals surface area contributed by atoms with E-state index in [1.165, 1.54) is 0 Å². The number of carbonyl (C=O) groups is 1. The number of nitrogens with one attached hydrogen (secondary N) is 1. The van der Waals surface area contributed by atoms with Gasteiger partial charge in [0.15, 0.2) is 0 Å². The Labute approximate surface area is 125 Å². The van der Waals surface area contributed by atoms with E-state index in [2.05, 4.69) is 17.4 Å². The monoisotopic (exact) mass is 290 g/mol. The van der Waals surface area contributed by atoms with Gasteiger partial charge in [0, 0.05) is 13.1 Å². The third kappa shape index (κ3) is 3.10. The summed E-state index contributed by atoms with van der Waals surface area (Å²) in [4.78, 5) is 14.5. The molecule has 2 heterocycles. The maximum absolute atomic E-state index is 12.6. The van der Waals surface area contributed by atoms with Gasteiger partial charge in [-0.25, -0.2) is 0 Å². The van der Waals surface area contributed by atoms with E-state index in [1.54, 1.807) is 0 Å². The topological polar surface area (TPSA) is 50.8 Å². The zero-order valence-electron chi connectivity index (χ0n) is 12.4. The lowest BCUT2D eigenvalue weighted by atomic mass is 9.93. The van der Waals surface area contributed by atoms with Crippen molar-refractivity contribution in [1.29, 1.82) is 0 Å². The number of nitrogens with zero attached hydrogens (tertiary/aromatic N) is 1. The van der Waals surface area contributed by atoms with Crippen molar-refractivity contribution in [3.63, 3.8) is 0 Å². The quantitative estimate of drug-likeness (QED) is 0.873. The Morgan fingerprint density at radius 2 is 2.14 bits per heavy atom. The first kappa shape index (κ1) is 14.5. The minimum Gasteiger partial charge on any atom is -0.378 e. The number of benzene rings is 1.